The van der Waals surface area contributed by atoms with Gasteiger partial charge in [0.2, 0.25) is 0 Å². The van der Waals surface area contributed by atoms with Gasteiger partial charge in [0.15, 0.2) is 0 Å². The minimum atomic E-state index is -0.375. The first-order valence-corrected chi connectivity index (χ1v) is 7.82. The van der Waals surface area contributed by atoms with E-state index in [1.165, 1.54) is 17.6 Å². The van der Waals surface area contributed by atoms with Crippen LogP contribution in [-0.4, -0.2) is 33.0 Å². The summed E-state index contributed by atoms with van der Waals surface area (Å²) in [5, 5.41) is 3.46. The predicted molar refractivity (Wildman–Crippen MR) is 94.1 cm³/mol. The molecule has 0 bridgehead atoms. The van der Waals surface area contributed by atoms with Gasteiger partial charge in [0.1, 0.15) is 0 Å². The molecule has 2 aliphatic heterocycles. The molecule has 2 heterocycles. The van der Waals surface area contributed by atoms with E-state index in [4.69, 9.17) is 4.74 Å². The number of aliphatic imine (C=N–C) groups is 1. The zero-order valence-corrected chi connectivity index (χ0v) is 13.5. The molecule has 5 nitrogen and oxygen atoms in total. The topological polar surface area (TPSA) is 53.9 Å². The van der Waals surface area contributed by atoms with Gasteiger partial charge in [-0.1, -0.05) is 6.08 Å². The highest BCUT2D eigenvalue weighted by atomic mass is 16.5. The van der Waals surface area contributed by atoms with Gasteiger partial charge in [-0.05, 0) is 42.7 Å². The van der Waals surface area contributed by atoms with Crippen molar-refractivity contribution in [2.45, 2.75) is 19.3 Å². The molecule has 0 saturated heterocycles. The van der Waals surface area contributed by atoms with Crippen LogP contribution in [0.1, 0.15) is 24.8 Å². The highest BCUT2D eigenvalue weighted by molar-refractivity contribution is 5.90. The number of nitrogens with zero attached hydrogens (tertiary/aromatic N) is 2. The Morgan fingerprint density at radius 1 is 1.43 bits per heavy atom. The average Bonchev–Trinajstić information content (AvgIpc) is 3.01. The summed E-state index contributed by atoms with van der Waals surface area (Å²) in [4.78, 5) is 17.7. The van der Waals surface area contributed by atoms with Crippen molar-refractivity contribution < 1.29 is 9.53 Å². The van der Waals surface area contributed by atoms with Crippen LogP contribution in [0.5, 0.6) is 0 Å². The van der Waals surface area contributed by atoms with Crippen LogP contribution in [0.3, 0.4) is 0 Å². The molecule has 2 aliphatic rings. The summed E-state index contributed by atoms with van der Waals surface area (Å²) in [6.45, 7) is 0.943. The largest absolute Gasteiger partial charge is 0.452 e. The van der Waals surface area contributed by atoms with Crippen molar-refractivity contribution in [1.29, 1.82) is 0 Å². The molecule has 0 spiro atoms. The number of rotatable bonds is 2. The second-order valence-electron chi connectivity index (χ2n) is 5.64. The second-order valence-corrected chi connectivity index (χ2v) is 5.64. The van der Waals surface area contributed by atoms with Crippen LogP contribution in [0.2, 0.25) is 0 Å². The number of methoxy groups -OCH3 is 1. The van der Waals surface area contributed by atoms with E-state index in [-0.39, 0.29) is 6.09 Å². The number of anilines is 2. The molecule has 0 saturated carbocycles. The Balaban J connectivity index is 2.01. The summed E-state index contributed by atoms with van der Waals surface area (Å²) in [5.74, 6) is 0. The van der Waals surface area contributed by atoms with Crippen LogP contribution in [-0.2, 0) is 4.74 Å². The number of amides is 1. The fourth-order valence-corrected chi connectivity index (χ4v) is 2.85. The van der Waals surface area contributed by atoms with Gasteiger partial charge in [0, 0.05) is 43.2 Å². The lowest BCUT2D eigenvalue weighted by atomic mass is 9.99. The fourth-order valence-electron chi connectivity index (χ4n) is 2.85. The van der Waals surface area contributed by atoms with Crippen molar-refractivity contribution >= 4 is 29.3 Å². The van der Waals surface area contributed by atoms with E-state index in [9.17, 15) is 4.79 Å². The van der Waals surface area contributed by atoms with Crippen molar-refractivity contribution in [3.63, 3.8) is 0 Å². The van der Waals surface area contributed by atoms with Gasteiger partial charge in [-0.15, -0.1) is 0 Å². The summed E-state index contributed by atoms with van der Waals surface area (Å²) >= 11 is 0. The molecule has 1 amide bonds. The zero-order valence-electron chi connectivity index (χ0n) is 13.5. The molecular formula is C18H21N3O2. The van der Waals surface area contributed by atoms with E-state index in [0.29, 0.717) is 0 Å². The van der Waals surface area contributed by atoms with Crippen molar-refractivity contribution in [1.82, 2.24) is 0 Å². The maximum Gasteiger partial charge on any atom is 0.413 e. The lowest BCUT2D eigenvalue weighted by Crippen LogP contribution is -2.25. The van der Waals surface area contributed by atoms with E-state index < -0.39 is 0 Å². The first-order chi connectivity index (χ1) is 11.2. The summed E-state index contributed by atoms with van der Waals surface area (Å²) in [7, 11) is 3.10. The summed E-state index contributed by atoms with van der Waals surface area (Å²) in [5.41, 5.74) is 5.29. The van der Waals surface area contributed by atoms with Crippen LogP contribution >= 0.6 is 0 Å². The Morgan fingerprint density at radius 2 is 2.30 bits per heavy atom. The Morgan fingerprint density at radius 3 is 3.04 bits per heavy atom. The van der Waals surface area contributed by atoms with Gasteiger partial charge >= 0.3 is 6.09 Å². The van der Waals surface area contributed by atoms with Gasteiger partial charge in [-0.2, -0.15) is 0 Å². The molecule has 120 valence electrons. The molecule has 0 atom stereocenters. The first kappa shape index (κ1) is 15.3. The SMILES string of the molecule is COC(=O)N(C)c1ccc2c(c1)/C(=C/C1=CCC=N1)CCCN2. The normalized spacial score (nSPS) is 18.0. The van der Waals surface area contributed by atoms with E-state index >= 15 is 0 Å². The van der Waals surface area contributed by atoms with Gasteiger partial charge < -0.3 is 10.1 Å². The number of hydrogen-bond acceptors (Lipinski definition) is 4. The van der Waals surface area contributed by atoms with Gasteiger partial charge in [-0.3, -0.25) is 9.89 Å². The van der Waals surface area contributed by atoms with Gasteiger partial charge in [0.25, 0.3) is 0 Å². The monoisotopic (exact) mass is 311 g/mol. The van der Waals surface area contributed by atoms with Crippen molar-refractivity contribution in [2.75, 3.05) is 30.9 Å². The van der Waals surface area contributed by atoms with Gasteiger partial charge in [-0.25, -0.2) is 4.79 Å². The molecule has 23 heavy (non-hydrogen) atoms. The van der Waals surface area contributed by atoms with E-state index in [1.54, 1.807) is 7.05 Å². The maximum absolute atomic E-state index is 11.8. The molecule has 0 aromatic heterocycles. The molecule has 0 aliphatic carbocycles. The number of carbonyl (C=O) groups excluding carboxylic acids is 1. The lowest BCUT2D eigenvalue weighted by Gasteiger charge is -2.18. The Hall–Kier alpha value is -2.56. The molecule has 0 fully saturated rings. The van der Waals surface area contributed by atoms with E-state index in [1.807, 2.05) is 24.4 Å². The summed E-state index contributed by atoms with van der Waals surface area (Å²) in [6, 6.07) is 5.99. The Kier molecular flexibility index (Phi) is 4.46. The van der Waals surface area contributed by atoms with Crippen molar-refractivity contribution in [3.8, 4) is 0 Å². The zero-order chi connectivity index (χ0) is 16.2. The minimum absolute atomic E-state index is 0.375. The number of carbonyl (C=O) groups is 1. The number of ether oxygens (including phenoxy) is 1. The highest BCUT2D eigenvalue weighted by Crippen LogP contribution is 2.34. The minimum Gasteiger partial charge on any atom is -0.452 e. The molecular weight excluding hydrogens is 290 g/mol. The molecule has 0 radical (unpaired) electrons. The quantitative estimate of drug-likeness (QED) is 0.903. The predicted octanol–water partition coefficient (Wildman–Crippen LogP) is 3.84. The number of nitrogens with one attached hydrogen (secondary N) is 1. The number of hydrogen-bond donors (Lipinski definition) is 1. The average molecular weight is 311 g/mol. The second kappa shape index (κ2) is 6.69. The molecule has 3 rings (SSSR count). The van der Waals surface area contributed by atoms with Crippen LogP contribution in [0.25, 0.3) is 5.57 Å². The Labute approximate surface area is 136 Å². The molecule has 1 N–H and O–H groups in total. The first-order valence-electron chi connectivity index (χ1n) is 7.82. The lowest BCUT2D eigenvalue weighted by molar-refractivity contribution is 0.180. The highest BCUT2D eigenvalue weighted by Gasteiger charge is 2.17. The third-order valence-electron chi connectivity index (χ3n) is 4.12. The summed E-state index contributed by atoms with van der Waals surface area (Å²) in [6.07, 6.45) is 8.77. The van der Waals surface area contributed by atoms with Crippen LogP contribution in [0, 0.1) is 0 Å². The van der Waals surface area contributed by atoms with Gasteiger partial charge in [0.05, 0.1) is 12.8 Å². The van der Waals surface area contributed by atoms with Crippen LogP contribution in [0.15, 0.2) is 41.0 Å². The maximum atomic E-state index is 11.8. The van der Waals surface area contributed by atoms with Crippen molar-refractivity contribution in [2.24, 2.45) is 4.99 Å². The molecule has 0 unspecified atom stereocenters. The smallest absolute Gasteiger partial charge is 0.413 e. The van der Waals surface area contributed by atoms with Crippen molar-refractivity contribution in [3.05, 3.63) is 41.6 Å². The number of allylic oxidation sites excluding steroid dienone is 3. The number of benzene rings is 1. The molecule has 5 heteroatoms. The molecule has 1 aromatic carbocycles. The number of fused-ring (bicyclic) bond motifs is 1. The van der Waals surface area contributed by atoms with E-state index in [0.717, 1.165) is 48.4 Å². The summed E-state index contributed by atoms with van der Waals surface area (Å²) < 4.78 is 4.80. The third-order valence-corrected chi connectivity index (χ3v) is 4.12. The Bertz CT molecular complexity index is 704. The standard InChI is InChI=1S/C18H21N3O2/c1-21(18(22)23-2)15-7-8-17-16(12-15)13(5-3-10-20-17)11-14-6-4-9-19-14/h6-9,11-12,20H,3-5,10H2,1-2H3/b13-11+. The van der Waals surface area contributed by atoms with E-state index in [2.05, 4.69) is 22.5 Å². The molecule has 1 aromatic rings. The van der Waals surface area contributed by atoms with Crippen LogP contribution in [0.4, 0.5) is 16.2 Å². The van der Waals surface area contributed by atoms with Crippen LogP contribution < -0.4 is 10.2 Å². The third kappa shape index (κ3) is 3.28. The fraction of sp³-hybridized carbons (Fsp3) is 0.333.